The van der Waals surface area contributed by atoms with E-state index in [4.69, 9.17) is 5.21 Å². The Hall–Kier alpha value is -1.39. The Morgan fingerprint density at radius 1 is 1.67 bits per heavy atom. The fourth-order valence-corrected chi connectivity index (χ4v) is 0.810. The second kappa shape index (κ2) is 3.85. The van der Waals surface area contributed by atoms with Crippen molar-refractivity contribution in [2.75, 3.05) is 0 Å². The van der Waals surface area contributed by atoms with Gasteiger partial charge in [-0.25, -0.2) is 9.67 Å². The third-order valence-corrected chi connectivity index (χ3v) is 1.59. The van der Waals surface area contributed by atoms with Gasteiger partial charge in [-0.1, -0.05) is 19.0 Å². The van der Waals surface area contributed by atoms with Crippen LogP contribution in [-0.4, -0.2) is 25.7 Å². The molecule has 12 heavy (non-hydrogen) atoms. The van der Waals surface area contributed by atoms with E-state index in [0.717, 1.165) is 0 Å². The largest absolute Gasteiger partial charge is 0.411 e. The minimum absolute atomic E-state index is 0.221. The van der Waals surface area contributed by atoms with Crippen LogP contribution in [0.15, 0.2) is 17.8 Å². The van der Waals surface area contributed by atoms with Gasteiger partial charge in [-0.2, -0.15) is 5.10 Å². The number of hydrogen-bond donors (Lipinski definition) is 1. The zero-order valence-corrected chi connectivity index (χ0v) is 7.18. The fraction of sp³-hybridized carbons (Fsp3) is 0.571. The van der Waals surface area contributed by atoms with Crippen LogP contribution >= 0.6 is 0 Å². The Labute approximate surface area is 70.7 Å². The van der Waals surface area contributed by atoms with Crippen molar-refractivity contribution >= 4 is 5.71 Å². The molecule has 0 saturated heterocycles. The highest BCUT2D eigenvalue weighted by Crippen LogP contribution is 1.98. The quantitative estimate of drug-likeness (QED) is 0.412. The minimum Gasteiger partial charge on any atom is -0.411 e. The number of rotatable bonds is 3. The highest BCUT2D eigenvalue weighted by molar-refractivity contribution is 5.85. The molecular formula is C7H12N4O. The average Bonchev–Trinajstić information content (AvgIpc) is 2.51. The molecule has 0 aromatic carbocycles. The molecule has 0 amide bonds. The number of hydrogen-bond acceptors (Lipinski definition) is 4. The fourth-order valence-electron chi connectivity index (χ4n) is 0.810. The topological polar surface area (TPSA) is 63.3 Å². The third-order valence-electron chi connectivity index (χ3n) is 1.59. The van der Waals surface area contributed by atoms with Gasteiger partial charge in [0.1, 0.15) is 12.7 Å². The van der Waals surface area contributed by atoms with Crippen LogP contribution in [0.5, 0.6) is 0 Å². The Morgan fingerprint density at radius 3 is 2.83 bits per heavy atom. The van der Waals surface area contributed by atoms with E-state index >= 15 is 0 Å². The lowest BCUT2D eigenvalue weighted by Crippen LogP contribution is -2.16. The van der Waals surface area contributed by atoms with Crippen molar-refractivity contribution in [1.82, 2.24) is 14.8 Å². The van der Waals surface area contributed by atoms with Crippen molar-refractivity contribution in [3.63, 3.8) is 0 Å². The molecule has 1 heterocycles. The summed E-state index contributed by atoms with van der Waals surface area (Å²) in [6.45, 7) is 4.42. The lowest BCUT2D eigenvalue weighted by Gasteiger charge is -2.06. The summed E-state index contributed by atoms with van der Waals surface area (Å²) in [5, 5.41) is 15.7. The zero-order valence-electron chi connectivity index (χ0n) is 7.18. The van der Waals surface area contributed by atoms with E-state index in [9.17, 15) is 0 Å². The van der Waals surface area contributed by atoms with E-state index in [1.165, 1.54) is 6.33 Å². The van der Waals surface area contributed by atoms with Crippen LogP contribution in [-0.2, 0) is 6.54 Å². The molecule has 0 aliphatic heterocycles. The number of aromatic nitrogens is 3. The summed E-state index contributed by atoms with van der Waals surface area (Å²) in [5.41, 5.74) is 0.695. The second-order valence-electron chi connectivity index (χ2n) is 2.84. The molecular weight excluding hydrogens is 156 g/mol. The van der Waals surface area contributed by atoms with Crippen molar-refractivity contribution in [2.24, 2.45) is 11.1 Å². The smallest absolute Gasteiger partial charge is 0.137 e. The van der Waals surface area contributed by atoms with Gasteiger partial charge in [0.05, 0.1) is 12.3 Å². The third kappa shape index (κ3) is 2.05. The first-order valence-electron chi connectivity index (χ1n) is 3.77. The molecule has 0 spiro atoms. The molecule has 0 saturated carbocycles. The van der Waals surface area contributed by atoms with Crippen molar-refractivity contribution < 1.29 is 5.21 Å². The highest BCUT2D eigenvalue weighted by Gasteiger charge is 2.06. The Balaban J connectivity index is 2.62. The first kappa shape index (κ1) is 8.70. The summed E-state index contributed by atoms with van der Waals surface area (Å²) in [6.07, 6.45) is 3.04. The van der Waals surface area contributed by atoms with Gasteiger partial charge in [-0.15, -0.1) is 0 Å². The van der Waals surface area contributed by atoms with E-state index in [0.29, 0.717) is 12.3 Å². The molecule has 1 N–H and O–H groups in total. The van der Waals surface area contributed by atoms with Crippen molar-refractivity contribution in [1.29, 1.82) is 0 Å². The molecule has 0 atom stereocenters. The normalized spacial score (nSPS) is 12.4. The van der Waals surface area contributed by atoms with E-state index in [-0.39, 0.29) is 5.92 Å². The summed E-state index contributed by atoms with van der Waals surface area (Å²) in [7, 11) is 0. The molecule has 0 aliphatic carbocycles. The van der Waals surface area contributed by atoms with Crippen LogP contribution < -0.4 is 0 Å². The number of nitrogens with zero attached hydrogens (tertiary/aromatic N) is 4. The summed E-state index contributed by atoms with van der Waals surface area (Å²) in [4.78, 5) is 3.78. The summed E-state index contributed by atoms with van der Waals surface area (Å²) in [5.74, 6) is 0.221. The maximum Gasteiger partial charge on any atom is 0.137 e. The molecule has 0 radical (unpaired) electrons. The van der Waals surface area contributed by atoms with Crippen LogP contribution in [0.1, 0.15) is 13.8 Å². The van der Waals surface area contributed by atoms with E-state index < -0.39 is 0 Å². The van der Waals surface area contributed by atoms with Crippen LogP contribution in [0.25, 0.3) is 0 Å². The molecule has 66 valence electrons. The Morgan fingerprint density at radius 2 is 2.42 bits per heavy atom. The Kier molecular flexibility index (Phi) is 2.79. The van der Waals surface area contributed by atoms with Gasteiger partial charge in [0.15, 0.2) is 0 Å². The van der Waals surface area contributed by atoms with Gasteiger partial charge in [0, 0.05) is 0 Å². The molecule has 1 aromatic rings. The molecule has 0 bridgehead atoms. The van der Waals surface area contributed by atoms with E-state index in [2.05, 4.69) is 15.2 Å². The van der Waals surface area contributed by atoms with Crippen molar-refractivity contribution in [3.05, 3.63) is 12.7 Å². The monoisotopic (exact) mass is 168 g/mol. The SMILES string of the molecule is CC(C)C(Cn1cncn1)=NO. The standard InChI is InChI=1S/C7H12N4O/c1-6(2)7(10-12)3-11-5-8-4-9-11/h4-6,12H,3H2,1-2H3. The van der Waals surface area contributed by atoms with Gasteiger partial charge in [-0.05, 0) is 5.92 Å². The minimum atomic E-state index is 0.221. The molecule has 1 rings (SSSR count). The summed E-state index contributed by atoms with van der Waals surface area (Å²) < 4.78 is 1.62. The molecule has 0 unspecified atom stereocenters. The van der Waals surface area contributed by atoms with Gasteiger partial charge in [0.25, 0.3) is 0 Å². The van der Waals surface area contributed by atoms with Crippen molar-refractivity contribution in [2.45, 2.75) is 20.4 Å². The predicted molar refractivity (Wildman–Crippen MR) is 44.1 cm³/mol. The Bertz CT molecular complexity index is 252. The number of oxime groups is 1. The van der Waals surface area contributed by atoms with Gasteiger partial charge < -0.3 is 5.21 Å². The summed E-state index contributed by atoms with van der Waals surface area (Å²) in [6, 6.07) is 0. The summed E-state index contributed by atoms with van der Waals surface area (Å²) >= 11 is 0. The lowest BCUT2D eigenvalue weighted by atomic mass is 10.1. The molecule has 5 nitrogen and oxygen atoms in total. The molecule has 5 heteroatoms. The predicted octanol–water partition coefficient (Wildman–Crippen LogP) is 0.764. The molecule has 1 aromatic heterocycles. The zero-order chi connectivity index (χ0) is 8.97. The first-order valence-corrected chi connectivity index (χ1v) is 3.77. The maximum atomic E-state index is 8.62. The van der Waals surface area contributed by atoms with Crippen LogP contribution in [0.3, 0.4) is 0 Å². The molecule has 0 aliphatic rings. The van der Waals surface area contributed by atoms with Gasteiger partial charge >= 0.3 is 0 Å². The first-order chi connectivity index (χ1) is 5.74. The van der Waals surface area contributed by atoms with E-state index in [1.807, 2.05) is 13.8 Å². The maximum absolute atomic E-state index is 8.62. The van der Waals surface area contributed by atoms with Crippen LogP contribution in [0.4, 0.5) is 0 Å². The van der Waals surface area contributed by atoms with E-state index in [1.54, 1.807) is 11.0 Å². The van der Waals surface area contributed by atoms with Crippen molar-refractivity contribution in [3.8, 4) is 0 Å². The molecule has 0 fully saturated rings. The van der Waals surface area contributed by atoms with Crippen LogP contribution in [0, 0.1) is 5.92 Å². The van der Waals surface area contributed by atoms with Gasteiger partial charge in [0.2, 0.25) is 0 Å². The van der Waals surface area contributed by atoms with Crippen LogP contribution in [0.2, 0.25) is 0 Å². The lowest BCUT2D eigenvalue weighted by molar-refractivity contribution is 0.313. The van der Waals surface area contributed by atoms with Gasteiger partial charge in [-0.3, -0.25) is 0 Å². The average molecular weight is 168 g/mol. The highest BCUT2D eigenvalue weighted by atomic mass is 16.4. The second-order valence-corrected chi connectivity index (χ2v) is 2.84.